The summed E-state index contributed by atoms with van der Waals surface area (Å²) in [6.07, 6.45) is 1.44. The number of benzene rings is 2. The van der Waals surface area contributed by atoms with Crippen molar-refractivity contribution in [1.82, 2.24) is 10.2 Å². The molecule has 0 saturated carbocycles. The van der Waals surface area contributed by atoms with E-state index in [0.717, 1.165) is 11.8 Å². The number of rotatable bonds is 10. The quantitative estimate of drug-likeness (QED) is 0.437. The molecule has 0 aliphatic heterocycles. The summed E-state index contributed by atoms with van der Waals surface area (Å²) in [5, 5.41) is 3.92. The summed E-state index contributed by atoms with van der Waals surface area (Å²) < 4.78 is 26.3. The fourth-order valence-electron chi connectivity index (χ4n) is 3.74. The van der Waals surface area contributed by atoms with Crippen molar-refractivity contribution in [2.45, 2.75) is 65.6 Å². The number of hydrogen-bond acceptors (Lipinski definition) is 4. The predicted octanol–water partition coefficient (Wildman–Crippen LogP) is 5.18. The first-order valence-electron chi connectivity index (χ1n) is 11.7. The maximum absolute atomic E-state index is 13.4. The molecular formula is C26H35Cl2N3O4S. The van der Waals surface area contributed by atoms with Gasteiger partial charge in [0.15, 0.2) is 0 Å². The molecule has 198 valence electrons. The molecule has 0 fully saturated rings. The molecule has 1 atom stereocenters. The van der Waals surface area contributed by atoms with Crippen LogP contribution in [0.3, 0.4) is 0 Å². The Hall–Kier alpha value is -2.29. The van der Waals surface area contributed by atoms with E-state index in [2.05, 4.69) is 5.32 Å². The largest absolute Gasteiger partial charge is 0.350 e. The van der Waals surface area contributed by atoms with E-state index in [1.54, 1.807) is 50.2 Å². The molecule has 0 aliphatic carbocycles. The second-order valence-corrected chi connectivity index (χ2v) is 12.6. The molecule has 2 amide bonds. The summed E-state index contributed by atoms with van der Waals surface area (Å²) in [6.45, 7) is 9.35. The number of nitrogens with zero attached hydrogens (tertiary/aromatic N) is 2. The van der Waals surface area contributed by atoms with E-state index in [-0.39, 0.29) is 37.7 Å². The molecule has 1 N–H and O–H groups in total. The van der Waals surface area contributed by atoms with Crippen molar-refractivity contribution >= 4 is 50.7 Å². The van der Waals surface area contributed by atoms with Gasteiger partial charge in [-0.15, -0.1) is 0 Å². The highest BCUT2D eigenvalue weighted by molar-refractivity contribution is 7.92. The van der Waals surface area contributed by atoms with E-state index < -0.39 is 21.6 Å². The van der Waals surface area contributed by atoms with Crippen LogP contribution in [-0.2, 0) is 26.2 Å². The standard InChI is InChI=1S/C26H35Cl2N3O4S/c1-18-22(28)12-8-13-23(18)31(36(6,34)35)15-9-14-24(32)30(17-20-10-7-11-21(27)16-20)19(2)25(33)29-26(3,4)5/h7-8,10-13,16,19H,9,14-15,17H2,1-6H3,(H,29,33)/t19-/m0/s1. The third kappa shape index (κ3) is 8.68. The zero-order valence-corrected chi connectivity index (χ0v) is 24.0. The molecule has 0 heterocycles. The van der Waals surface area contributed by atoms with Crippen LogP contribution in [0.25, 0.3) is 0 Å². The molecule has 36 heavy (non-hydrogen) atoms. The van der Waals surface area contributed by atoms with Gasteiger partial charge >= 0.3 is 0 Å². The van der Waals surface area contributed by atoms with Gasteiger partial charge in [-0.1, -0.05) is 41.4 Å². The Bertz CT molecular complexity index is 1200. The van der Waals surface area contributed by atoms with E-state index in [1.165, 1.54) is 9.21 Å². The average molecular weight is 557 g/mol. The fraction of sp³-hybridized carbons (Fsp3) is 0.462. The summed E-state index contributed by atoms with van der Waals surface area (Å²) >= 11 is 12.3. The number of hydrogen-bond donors (Lipinski definition) is 1. The number of carbonyl (C=O) groups excluding carboxylic acids is 2. The highest BCUT2D eigenvalue weighted by Gasteiger charge is 2.29. The Morgan fingerprint density at radius 3 is 2.31 bits per heavy atom. The lowest BCUT2D eigenvalue weighted by Gasteiger charge is -2.32. The van der Waals surface area contributed by atoms with Crippen molar-refractivity contribution in [3.63, 3.8) is 0 Å². The van der Waals surface area contributed by atoms with Crippen molar-refractivity contribution in [3.8, 4) is 0 Å². The van der Waals surface area contributed by atoms with E-state index in [9.17, 15) is 18.0 Å². The van der Waals surface area contributed by atoms with Crippen molar-refractivity contribution in [3.05, 3.63) is 63.6 Å². The van der Waals surface area contributed by atoms with Crippen LogP contribution in [0, 0.1) is 6.92 Å². The Morgan fingerprint density at radius 2 is 1.72 bits per heavy atom. The smallest absolute Gasteiger partial charge is 0.242 e. The van der Waals surface area contributed by atoms with E-state index in [1.807, 2.05) is 26.8 Å². The van der Waals surface area contributed by atoms with Crippen LogP contribution in [0.2, 0.25) is 10.0 Å². The molecule has 0 unspecified atom stereocenters. The number of halogens is 2. The molecule has 0 spiro atoms. The number of carbonyl (C=O) groups is 2. The Labute approximate surface area is 224 Å². The molecule has 10 heteroatoms. The van der Waals surface area contributed by atoms with Crippen LogP contribution in [-0.4, -0.2) is 49.5 Å². The fourth-order valence-corrected chi connectivity index (χ4v) is 5.14. The van der Waals surface area contributed by atoms with Gasteiger partial charge in [0.1, 0.15) is 6.04 Å². The molecule has 2 aromatic rings. The molecule has 0 bridgehead atoms. The first-order chi connectivity index (χ1) is 16.6. The summed E-state index contributed by atoms with van der Waals surface area (Å²) in [5.41, 5.74) is 1.46. The van der Waals surface area contributed by atoms with Crippen LogP contribution in [0.15, 0.2) is 42.5 Å². The van der Waals surface area contributed by atoms with Crippen molar-refractivity contribution < 1.29 is 18.0 Å². The third-order valence-electron chi connectivity index (χ3n) is 5.57. The van der Waals surface area contributed by atoms with E-state index >= 15 is 0 Å². The summed E-state index contributed by atoms with van der Waals surface area (Å²) in [4.78, 5) is 27.8. The van der Waals surface area contributed by atoms with Gasteiger partial charge < -0.3 is 10.2 Å². The highest BCUT2D eigenvalue weighted by Crippen LogP contribution is 2.28. The lowest BCUT2D eigenvalue weighted by atomic mass is 10.1. The molecule has 0 radical (unpaired) electrons. The second-order valence-electron chi connectivity index (χ2n) is 9.89. The third-order valence-corrected chi connectivity index (χ3v) is 7.39. The molecule has 0 aliphatic rings. The van der Waals surface area contributed by atoms with Crippen LogP contribution >= 0.6 is 23.2 Å². The normalized spacial score (nSPS) is 12.7. The second kappa shape index (κ2) is 12.3. The van der Waals surface area contributed by atoms with Gasteiger partial charge in [-0.2, -0.15) is 0 Å². The number of amides is 2. The van der Waals surface area contributed by atoms with Crippen LogP contribution in [0.5, 0.6) is 0 Å². The number of anilines is 1. The minimum Gasteiger partial charge on any atom is -0.350 e. The van der Waals surface area contributed by atoms with Crippen molar-refractivity contribution in [2.24, 2.45) is 0 Å². The van der Waals surface area contributed by atoms with Gasteiger partial charge in [-0.25, -0.2) is 8.42 Å². The number of nitrogens with one attached hydrogen (secondary N) is 1. The van der Waals surface area contributed by atoms with Gasteiger partial charge in [0.25, 0.3) is 0 Å². The molecule has 0 aromatic heterocycles. The van der Waals surface area contributed by atoms with Crippen LogP contribution < -0.4 is 9.62 Å². The number of sulfonamides is 1. The van der Waals surface area contributed by atoms with Crippen LogP contribution in [0.4, 0.5) is 5.69 Å². The van der Waals surface area contributed by atoms with Crippen LogP contribution in [0.1, 0.15) is 51.7 Å². The summed E-state index contributed by atoms with van der Waals surface area (Å²) in [6, 6.07) is 11.5. The van der Waals surface area contributed by atoms with Crippen molar-refractivity contribution in [2.75, 3.05) is 17.1 Å². The maximum atomic E-state index is 13.4. The summed E-state index contributed by atoms with van der Waals surface area (Å²) in [7, 11) is -3.61. The van der Waals surface area contributed by atoms with Gasteiger partial charge in [-0.05, 0) is 76.4 Å². The summed E-state index contributed by atoms with van der Waals surface area (Å²) in [5.74, 6) is -0.534. The zero-order valence-electron chi connectivity index (χ0n) is 21.6. The highest BCUT2D eigenvalue weighted by atomic mass is 35.5. The van der Waals surface area contributed by atoms with Gasteiger partial charge in [0, 0.05) is 35.1 Å². The van der Waals surface area contributed by atoms with Gasteiger partial charge in [0.2, 0.25) is 21.8 Å². The SMILES string of the molecule is Cc1c(Cl)cccc1N(CCCC(=O)N(Cc1cccc(Cl)c1)[C@@H](C)C(=O)NC(C)(C)C)S(C)(=O)=O. The Kier molecular flexibility index (Phi) is 10.2. The van der Waals surface area contributed by atoms with E-state index in [0.29, 0.717) is 21.3 Å². The maximum Gasteiger partial charge on any atom is 0.242 e. The molecule has 0 saturated heterocycles. The lowest BCUT2D eigenvalue weighted by molar-refractivity contribution is -0.141. The minimum atomic E-state index is -3.61. The van der Waals surface area contributed by atoms with Gasteiger partial charge in [-0.3, -0.25) is 13.9 Å². The topological polar surface area (TPSA) is 86.8 Å². The monoisotopic (exact) mass is 555 g/mol. The first kappa shape index (κ1) is 29.9. The lowest BCUT2D eigenvalue weighted by Crippen LogP contribution is -2.52. The first-order valence-corrected chi connectivity index (χ1v) is 14.3. The molecule has 2 rings (SSSR count). The zero-order chi connectivity index (χ0) is 27.3. The van der Waals surface area contributed by atoms with Gasteiger partial charge in [0.05, 0.1) is 11.9 Å². The minimum absolute atomic E-state index is 0.0549. The Morgan fingerprint density at radius 1 is 1.08 bits per heavy atom. The average Bonchev–Trinajstić information content (AvgIpc) is 2.75. The molecular weight excluding hydrogens is 521 g/mol. The van der Waals surface area contributed by atoms with E-state index in [4.69, 9.17) is 23.2 Å². The van der Waals surface area contributed by atoms with Crippen molar-refractivity contribution in [1.29, 1.82) is 0 Å². The molecule has 7 nitrogen and oxygen atoms in total. The molecule has 2 aromatic carbocycles. The predicted molar refractivity (Wildman–Crippen MR) is 147 cm³/mol. The Balaban J connectivity index is 2.23.